The molecule has 0 saturated heterocycles. The van der Waals surface area contributed by atoms with Crippen LogP contribution in [-0.4, -0.2) is 164 Å². The summed E-state index contributed by atoms with van der Waals surface area (Å²) in [5, 5.41) is 0. The van der Waals surface area contributed by atoms with Crippen LogP contribution in [0.2, 0.25) is 0 Å². The summed E-state index contributed by atoms with van der Waals surface area (Å²) in [5.74, 6) is 0. The van der Waals surface area contributed by atoms with Crippen LogP contribution in [0.3, 0.4) is 0 Å². The molecule has 0 aliphatic rings. The number of rotatable bonds is 32. The first-order chi connectivity index (χ1) is 23.1. The average molecular weight is 712 g/mol. The molecule has 48 heavy (non-hydrogen) atoms. The number of carbonyl (C=O) groups excluding carboxylic acids is 1. The molecule has 0 fully saturated rings. The molecule has 0 saturated carbocycles. The fourth-order valence-corrected chi connectivity index (χ4v) is 4.27. The Hall–Kier alpha value is -1.96. The zero-order chi connectivity index (χ0) is 35.2. The summed E-state index contributed by atoms with van der Waals surface area (Å²) >= 11 is 0. The maximum Gasteiger partial charge on any atom is 0.410 e. The van der Waals surface area contributed by atoms with Crippen molar-refractivity contribution in [3.05, 3.63) is 30.3 Å². The Bertz CT molecular complexity index is 994. The number of benzene rings is 1. The summed E-state index contributed by atoms with van der Waals surface area (Å²) in [6, 6.07) is 7.96. The molecule has 0 aliphatic heterocycles. The maximum absolute atomic E-state index is 12.0. The summed E-state index contributed by atoms with van der Waals surface area (Å²) in [6.45, 7) is 13.5. The number of nitrogens with zero attached hydrogens (tertiary/aromatic N) is 1. The topological polar surface area (TPSA) is 156 Å². The van der Waals surface area contributed by atoms with Crippen molar-refractivity contribution < 1.29 is 64.8 Å². The summed E-state index contributed by atoms with van der Waals surface area (Å²) in [7, 11) is -2.09. The Morgan fingerprint density at radius 1 is 0.542 bits per heavy atom. The van der Waals surface area contributed by atoms with Gasteiger partial charge < -0.3 is 52.3 Å². The molecule has 1 aromatic carbocycles. The number of carbonyl (C=O) groups is 1. The molecule has 0 spiro atoms. The van der Waals surface area contributed by atoms with Gasteiger partial charge in [0.1, 0.15) is 5.60 Å². The Kier molecular flexibility index (Phi) is 26.5. The molecule has 1 amide bonds. The number of amides is 1. The van der Waals surface area contributed by atoms with Crippen molar-refractivity contribution in [1.29, 1.82) is 0 Å². The van der Waals surface area contributed by atoms with E-state index in [0.29, 0.717) is 119 Å². The molecular weight excluding hydrogens is 654 g/mol. The van der Waals surface area contributed by atoms with E-state index < -0.39 is 15.7 Å². The predicted molar refractivity (Wildman–Crippen MR) is 176 cm³/mol. The van der Waals surface area contributed by atoms with Gasteiger partial charge in [-0.3, -0.25) is 4.18 Å². The van der Waals surface area contributed by atoms with Crippen molar-refractivity contribution in [1.82, 2.24) is 4.90 Å². The Morgan fingerprint density at radius 3 is 1.19 bits per heavy atom. The maximum atomic E-state index is 12.0. The summed E-state index contributed by atoms with van der Waals surface area (Å²) in [6.07, 6.45) is -0.372. The summed E-state index contributed by atoms with van der Waals surface area (Å²) < 4.78 is 83.1. The van der Waals surface area contributed by atoms with E-state index in [2.05, 4.69) is 0 Å². The van der Waals surface area contributed by atoms with Gasteiger partial charge in [-0.05, 0) is 32.9 Å². The predicted octanol–water partition coefficient (Wildman–Crippen LogP) is 2.41. The van der Waals surface area contributed by atoms with Crippen LogP contribution < -0.4 is 0 Å². The fraction of sp³-hybridized carbons (Fsp3) is 0.781. The van der Waals surface area contributed by atoms with Crippen LogP contribution in [0.25, 0.3) is 0 Å². The molecule has 1 aromatic rings. The van der Waals surface area contributed by atoms with E-state index in [4.69, 9.17) is 51.6 Å². The minimum Gasteiger partial charge on any atom is -0.444 e. The van der Waals surface area contributed by atoms with E-state index >= 15 is 0 Å². The van der Waals surface area contributed by atoms with Gasteiger partial charge in [0.25, 0.3) is 10.1 Å². The van der Waals surface area contributed by atoms with E-state index in [-0.39, 0.29) is 24.2 Å². The number of hydrogen-bond acceptors (Lipinski definition) is 14. The van der Waals surface area contributed by atoms with Crippen molar-refractivity contribution >= 4 is 16.2 Å². The van der Waals surface area contributed by atoms with Gasteiger partial charge in [-0.2, -0.15) is 8.42 Å². The van der Waals surface area contributed by atoms with E-state index in [1.165, 1.54) is 17.0 Å². The lowest BCUT2D eigenvalue weighted by Gasteiger charge is -2.24. The quantitative estimate of drug-likeness (QED) is 0.0793. The molecule has 0 heterocycles. The van der Waals surface area contributed by atoms with Crippen molar-refractivity contribution in [2.45, 2.75) is 31.3 Å². The Labute approximate surface area is 286 Å². The van der Waals surface area contributed by atoms with Gasteiger partial charge in [-0.15, -0.1) is 0 Å². The minimum atomic E-state index is -3.76. The second kappa shape index (κ2) is 28.8. The van der Waals surface area contributed by atoms with Gasteiger partial charge in [0.05, 0.1) is 130 Å². The largest absolute Gasteiger partial charge is 0.444 e. The summed E-state index contributed by atoms with van der Waals surface area (Å²) in [4.78, 5) is 13.5. The third-order valence-corrected chi connectivity index (χ3v) is 7.08. The SMILES string of the molecule is CN(CCOCCOCCOCCOCCOCCOCCOCCOCCOCCOS(=O)(=O)c1ccccc1)C(=O)OC(C)(C)C. The van der Waals surface area contributed by atoms with Gasteiger partial charge in [-0.25, -0.2) is 4.79 Å². The molecular formula is C32H57NO14S. The first-order valence-corrected chi connectivity index (χ1v) is 17.6. The van der Waals surface area contributed by atoms with E-state index in [1.807, 2.05) is 20.8 Å². The second-order valence-corrected chi connectivity index (χ2v) is 12.6. The lowest BCUT2D eigenvalue weighted by atomic mass is 10.2. The van der Waals surface area contributed by atoms with Crippen LogP contribution >= 0.6 is 0 Å². The first kappa shape index (κ1) is 44.1. The zero-order valence-electron chi connectivity index (χ0n) is 29.1. The van der Waals surface area contributed by atoms with Crippen LogP contribution in [-0.2, 0) is 61.7 Å². The highest BCUT2D eigenvalue weighted by Gasteiger charge is 2.19. The third-order valence-electron chi connectivity index (χ3n) is 5.75. The molecule has 0 aromatic heterocycles. The van der Waals surface area contributed by atoms with Crippen LogP contribution in [0.15, 0.2) is 35.2 Å². The first-order valence-electron chi connectivity index (χ1n) is 16.2. The summed E-state index contributed by atoms with van der Waals surface area (Å²) in [5.41, 5.74) is -0.517. The van der Waals surface area contributed by atoms with Crippen LogP contribution in [0.4, 0.5) is 4.79 Å². The van der Waals surface area contributed by atoms with E-state index in [9.17, 15) is 13.2 Å². The molecule has 1 rings (SSSR count). The number of likely N-dealkylation sites (N-methyl/N-ethyl adjacent to an activating group) is 1. The van der Waals surface area contributed by atoms with Crippen LogP contribution in [0.1, 0.15) is 20.8 Å². The number of ether oxygens (including phenoxy) is 10. The molecule has 0 radical (unpaired) electrons. The van der Waals surface area contributed by atoms with Gasteiger partial charge in [0, 0.05) is 13.6 Å². The monoisotopic (exact) mass is 711 g/mol. The van der Waals surface area contributed by atoms with Crippen molar-refractivity contribution in [3.8, 4) is 0 Å². The smallest absolute Gasteiger partial charge is 0.410 e. The minimum absolute atomic E-state index is 0.0629. The van der Waals surface area contributed by atoms with Crippen LogP contribution in [0.5, 0.6) is 0 Å². The third kappa shape index (κ3) is 26.9. The van der Waals surface area contributed by atoms with E-state index in [1.54, 1.807) is 25.2 Å². The molecule has 16 heteroatoms. The lowest BCUT2D eigenvalue weighted by Crippen LogP contribution is -2.36. The Morgan fingerprint density at radius 2 is 0.854 bits per heavy atom. The van der Waals surface area contributed by atoms with Gasteiger partial charge in [0.2, 0.25) is 0 Å². The molecule has 15 nitrogen and oxygen atoms in total. The second-order valence-electron chi connectivity index (χ2n) is 11.0. The van der Waals surface area contributed by atoms with Crippen LogP contribution in [0, 0.1) is 0 Å². The molecule has 0 aliphatic carbocycles. The Balaban J connectivity index is 1.70. The molecule has 0 unspecified atom stereocenters. The molecule has 0 N–H and O–H groups in total. The van der Waals surface area contributed by atoms with E-state index in [0.717, 1.165) is 0 Å². The highest BCUT2D eigenvalue weighted by molar-refractivity contribution is 7.86. The van der Waals surface area contributed by atoms with Crippen molar-refractivity contribution in [2.24, 2.45) is 0 Å². The fourth-order valence-electron chi connectivity index (χ4n) is 3.35. The normalized spacial score (nSPS) is 12.0. The highest BCUT2D eigenvalue weighted by atomic mass is 32.2. The zero-order valence-corrected chi connectivity index (χ0v) is 29.9. The van der Waals surface area contributed by atoms with Crippen molar-refractivity contribution in [2.75, 3.05) is 139 Å². The molecule has 0 atom stereocenters. The molecule has 0 bridgehead atoms. The van der Waals surface area contributed by atoms with Gasteiger partial charge >= 0.3 is 6.09 Å². The van der Waals surface area contributed by atoms with Gasteiger partial charge in [0.15, 0.2) is 0 Å². The number of hydrogen-bond donors (Lipinski definition) is 0. The lowest BCUT2D eigenvalue weighted by molar-refractivity contribution is -0.0257. The highest BCUT2D eigenvalue weighted by Crippen LogP contribution is 2.11. The van der Waals surface area contributed by atoms with Crippen molar-refractivity contribution in [3.63, 3.8) is 0 Å². The molecule has 280 valence electrons. The standard InChI is InChI=1S/C32H57NO14S/c1-32(2,3)47-31(34)33(4)10-11-37-12-13-38-14-15-39-16-17-40-18-19-41-20-21-42-22-23-43-24-25-44-26-27-45-28-29-46-48(35,36)30-8-6-5-7-9-30/h5-9H,10-29H2,1-4H3. The van der Waals surface area contributed by atoms with Gasteiger partial charge in [-0.1, -0.05) is 18.2 Å². The average Bonchev–Trinajstić information content (AvgIpc) is 3.05.